The monoisotopic (exact) mass is 414 g/mol. The minimum absolute atomic E-state index is 0.188. The molecule has 2 fully saturated rings. The topological polar surface area (TPSA) is 89.2 Å². The molecular weight excluding hydrogens is 388 g/mol. The van der Waals surface area contributed by atoms with Gasteiger partial charge in [-0.1, -0.05) is 12.1 Å². The van der Waals surface area contributed by atoms with Gasteiger partial charge in [0.15, 0.2) is 0 Å². The van der Waals surface area contributed by atoms with Crippen LogP contribution in [0, 0.1) is 12.3 Å². The van der Waals surface area contributed by atoms with Gasteiger partial charge in [-0.2, -0.15) is 9.97 Å². The van der Waals surface area contributed by atoms with Gasteiger partial charge in [0, 0.05) is 55.0 Å². The fraction of sp³-hybridized carbons (Fsp3) is 0.375. The zero-order valence-corrected chi connectivity index (χ0v) is 17.9. The van der Waals surface area contributed by atoms with Crippen molar-refractivity contribution in [3.05, 3.63) is 53.5 Å². The lowest BCUT2D eigenvalue weighted by Crippen LogP contribution is -2.30. The Labute approximate surface area is 181 Å². The van der Waals surface area contributed by atoms with Gasteiger partial charge in [-0.15, -0.1) is 0 Å². The number of nitrogens with two attached hydrogens (primary N) is 1. The molecule has 1 aliphatic heterocycles. The summed E-state index contributed by atoms with van der Waals surface area (Å²) in [7, 11) is 1.96. The van der Waals surface area contributed by atoms with Crippen molar-refractivity contribution >= 4 is 11.5 Å². The van der Waals surface area contributed by atoms with E-state index >= 15 is 0 Å². The van der Waals surface area contributed by atoms with Crippen molar-refractivity contribution in [3.63, 3.8) is 0 Å². The van der Waals surface area contributed by atoms with Crippen LogP contribution in [0.25, 0.3) is 11.1 Å². The highest BCUT2D eigenvalue weighted by atomic mass is 16.5. The average molecular weight is 415 g/mol. The first-order valence-electron chi connectivity index (χ1n) is 10.9. The fourth-order valence-corrected chi connectivity index (χ4v) is 5.03. The summed E-state index contributed by atoms with van der Waals surface area (Å²) in [6.07, 6.45) is 4.88. The predicted molar refractivity (Wildman–Crippen MR) is 121 cm³/mol. The van der Waals surface area contributed by atoms with Crippen LogP contribution in [0.2, 0.25) is 0 Å². The van der Waals surface area contributed by atoms with Gasteiger partial charge in [0.25, 0.3) is 0 Å². The van der Waals surface area contributed by atoms with Gasteiger partial charge >= 0.3 is 6.01 Å². The summed E-state index contributed by atoms with van der Waals surface area (Å²) in [6, 6.07) is 10.7. The van der Waals surface area contributed by atoms with E-state index in [1.165, 1.54) is 24.0 Å². The highest BCUT2D eigenvalue weighted by Crippen LogP contribution is 2.54. The molecular formula is C24H26N6O. The van der Waals surface area contributed by atoms with E-state index in [1.54, 1.807) is 6.20 Å². The van der Waals surface area contributed by atoms with Crippen LogP contribution < -0.4 is 20.7 Å². The first-order valence-corrected chi connectivity index (χ1v) is 10.9. The van der Waals surface area contributed by atoms with E-state index in [1.807, 2.05) is 26.1 Å². The molecule has 0 unspecified atom stereocenters. The van der Waals surface area contributed by atoms with Crippen molar-refractivity contribution in [2.75, 3.05) is 30.4 Å². The van der Waals surface area contributed by atoms with Crippen LogP contribution in [0.15, 0.2) is 36.5 Å². The van der Waals surface area contributed by atoms with E-state index in [2.05, 4.69) is 33.4 Å². The lowest BCUT2D eigenvalue weighted by Gasteiger charge is -2.21. The molecule has 3 aliphatic rings. The second kappa shape index (κ2) is 6.65. The quantitative estimate of drug-likeness (QED) is 0.528. The van der Waals surface area contributed by atoms with Crippen LogP contribution in [-0.4, -0.2) is 41.1 Å². The summed E-state index contributed by atoms with van der Waals surface area (Å²) in [5.74, 6) is 1.58. The van der Waals surface area contributed by atoms with Gasteiger partial charge in [-0.05, 0) is 49.1 Å². The SMILES string of the molecule is CNc1cccc2c1Cc1nc(Oc3ccc(C)nc3)nc(N3C[C@@H](N)C4(CC4)C3)c1-2. The van der Waals surface area contributed by atoms with Crippen LogP contribution in [0.5, 0.6) is 11.8 Å². The van der Waals surface area contributed by atoms with Gasteiger partial charge in [0.2, 0.25) is 0 Å². The molecule has 7 heteroatoms. The summed E-state index contributed by atoms with van der Waals surface area (Å²) < 4.78 is 6.05. The van der Waals surface area contributed by atoms with Crippen molar-refractivity contribution in [2.45, 2.75) is 32.2 Å². The molecule has 6 rings (SSSR count). The van der Waals surface area contributed by atoms with E-state index < -0.39 is 0 Å². The molecule has 3 aromatic rings. The smallest absolute Gasteiger partial charge is 0.324 e. The minimum atomic E-state index is 0.188. The van der Waals surface area contributed by atoms with Crippen molar-refractivity contribution in [3.8, 4) is 22.9 Å². The van der Waals surface area contributed by atoms with E-state index in [0.717, 1.165) is 48.0 Å². The van der Waals surface area contributed by atoms with E-state index in [-0.39, 0.29) is 11.5 Å². The molecule has 3 heterocycles. The van der Waals surface area contributed by atoms with Gasteiger partial charge in [0.05, 0.1) is 11.9 Å². The number of fused-ring (bicyclic) bond motifs is 3. The van der Waals surface area contributed by atoms with E-state index in [9.17, 15) is 0 Å². The molecule has 2 aromatic heterocycles. The summed E-state index contributed by atoms with van der Waals surface area (Å²) >= 11 is 0. The Morgan fingerprint density at radius 1 is 1.19 bits per heavy atom. The lowest BCUT2D eigenvalue weighted by molar-refractivity contribution is 0.438. The zero-order valence-electron chi connectivity index (χ0n) is 17.9. The average Bonchev–Trinajstić information content (AvgIpc) is 3.35. The molecule has 158 valence electrons. The largest absolute Gasteiger partial charge is 0.423 e. The maximum Gasteiger partial charge on any atom is 0.324 e. The molecule has 1 saturated carbocycles. The third-order valence-corrected chi connectivity index (χ3v) is 7.00. The number of benzene rings is 1. The number of ether oxygens (including phenoxy) is 1. The normalized spacial score (nSPS) is 20.0. The Hall–Kier alpha value is -3.19. The Bertz CT molecular complexity index is 1170. The number of aryl methyl sites for hydroxylation is 1. The number of anilines is 2. The molecule has 1 saturated heterocycles. The summed E-state index contributed by atoms with van der Waals surface area (Å²) in [5.41, 5.74) is 13.4. The molecule has 3 N–H and O–H groups in total. The maximum absolute atomic E-state index is 6.53. The summed E-state index contributed by atoms with van der Waals surface area (Å²) in [6.45, 7) is 3.72. The molecule has 1 aromatic carbocycles. The van der Waals surface area contributed by atoms with Crippen LogP contribution in [0.1, 0.15) is 29.8 Å². The number of aromatic nitrogens is 3. The third-order valence-electron chi connectivity index (χ3n) is 7.00. The zero-order chi connectivity index (χ0) is 21.2. The van der Waals surface area contributed by atoms with Crippen molar-refractivity contribution in [1.82, 2.24) is 15.0 Å². The Balaban J connectivity index is 1.46. The Morgan fingerprint density at radius 3 is 2.77 bits per heavy atom. The number of pyridine rings is 1. The first-order chi connectivity index (χ1) is 15.1. The van der Waals surface area contributed by atoms with E-state index in [0.29, 0.717) is 11.8 Å². The molecule has 7 nitrogen and oxygen atoms in total. The third kappa shape index (κ3) is 2.95. The minimum Gasteiger partial charge on any atom is -0.423 e. The van der Waals surface area contributed by atoms with Gasteiger partial charge < -0.3 is 20.7 Å². The second-order valence-electron chi connectivity index (χ2n) is 9.00. The maximum atomic E-state index is 6.53. The summed E-state index contributed by atoms with van der Waals surface area (Å²) in [4.78, 5) is 16.4. The van der Waals surface area contributed by atoms with E-state index in [4.69, 9.17) is 20.4 Å². The van der Waals surface area contributed by atoms with Crippen LogP contribution >= 0.6 is 0 Å². The van der Waals surface area contributed by atoms with Gasteiger partial charge in [0.1, 0.15) is 11.6 Å². The molecule has 0 radical (unpaired) electrons. The number of hydrogen-bond acceptors (Lipinski definition) is 7. The van der Waals surface area contributed by atoms with Crippen LogP contribution in [0.4, 0.5) is 11.5 Å². The second-order valence-corrected chi connectivity index (χ2v) is 9.00. The highest BCUT2D eigenvalue weighted by molar-refractivity contribution is 5.88. The first kappa shape index (κ1) is 18.6. The Kier molecular flexibility index (Phi) is 3.99. The van der Waals surface area contributed by atoms with Gasteiger partial charge in [-0.25, -0.2) is 0 Å². The van der Waals surface area contributed by atoms with Gasteiger partial charge in [-0.3, -0.25) is 4.98 Å². The Morgan fingerprint density at radius 2 is 2.06 bits per heavy atom. The summed E-state index contributed by atoms with van der Waals surface area (Å²) in [5, 5.41) is 3.32. The van der Waals surface area contributed by atoms with Crippen LogP contribution in [0.3, 0.4) is 0 Å². The highest BCUT2D eigenvalue weighted by Gasteiger charge is 2.54. The van der Waals surface area contributed by atoms with Crippen molar-refractivity contribution in [1.29, 1.82) is 0 Å². The lowest BCUT2D eigenvalue weighted by atomic mass is 10.0. The molecule has 0 amide bonds. The number of nitrogens with one attached hydrogen (secondary N) is 1. The molecule has 0 bridgehead atoms. The van der Waals surface area contributed by atoms with Crippen molar-refractivity contribution in [2.24, 2.45) is 11.1 Å². The predicted octanol–water partition coefficient (Wildman–Crippen LogP) is 3.51. The fourth-order valence-electron chi connectivity index (χ4n) is 5.03. The van der Waals surface area contributed by atoms with Crippen molar-refractivity contribution < 1.29 is 4.74 Å². The molecule has 2 aliphatic carbocycles. The molecule has 1 atom stereocenters. The number of hydrogen-bond donors (Lipinski definition) is 2. The number of rotatable bonds is 4. The molecule has 1 spiro atoms. The standard InChI is InChI=1S/C24H26N6O/c1-14-6-7-15(11-27-14)31-23-28-19-10-17-16(4-3-5-18(17)26-2)21(19)22(29-23)30-12-20(25)24(13-30)8-9-24/h3-7,11,20,26H,8-10,12-13,25H2,1-2H3/t20-/m1/s1. The molecule has 31 heavy (non-hydrogen) atoms. The van der Waals surface area contributed by atoms with Crippen LogP contribution in [-0.2, 0) is 6.42 Å². The number of nitrogens with zero attached hydrogens (tertiary/aromatic N) is 4.